The van der Waals surface area contributed by atoms with Crippen molar-refractivity contribution in [1.82, 2.24) is 5.32 Å². The van der Waals surface area contributed by atoms with Gasteiger partial charge >= 0.3 is 0 Å². The fourth-order valence-electron chi connectivity index (χ4n) is 2.96. The molecule has 0 aromatic heterocycles. The zero-order chi connectivity index (χ0) is 15.3. The Morgan fingerprint density at radius 1 is 1.33 bits per heavy atom. The van der Waals surface area contributed by atoms with Crippen molar-refractivity contribution in [1.29, 1.82) is 0 Å². The van der Waals surface area contributed by atoms with Crippen LogP contribution in [0.3, 0.4) is 0 Å². The molecule has 1 atom stereocenters. The highest BCUT2D eigenvalue weighted by Crippen LogP contribution is 2.30. The first-order valence-electron chi connectivity index (χ1n) is 7.77. The number of ether oxygens (including phenoxy) is 1. The Labute approximate surface area is 132 Å². The molecule has 1 amide bonds. The average molecular weight is 310 g/mol. The van der Waals surface area contributed by atoms with Gasteiger partial charge in [0.2, 0.25) is 5.91 Å². The molecule has 4 heteroatoms. The summed E-state index contributed by atoms with van der Waals surface area (Å²) in [5.74, 6) is 0.0804. The second-order valence-electron chi connectivity index (χ2n) is 5.70. The van der Waals surface area contributed by atoms with Crippen LogP contribution in [0.15, 0.2) is 24.3 Å². The molecule has 2 rings (SSSR count). The van der Waals surface area contributed by atoms with Crippen molar-refractivity contribution in [3.05, 3.63) is 34.9 Å². The van der Waals surface area contributed by atoms with Crippen molar-refractivity contribution in [2.24, 2.45) is 5.92 Å². The zero-order valence-corrected chi connectivity index (χ0v) is 13.6. The normalized spacial score (nSPS) is 19.3. The fourth-order valence-corrected chi connectivity index (χ4v) is 3.09. The number of nitrogens with one attached hydrogen (secondary N) is 1. The Kier molecular flexibility index (Phi) is 5.65. The first kappa shape index (κ1) is 16.3. The Morgan fingerprint density at radius 3 is 2.52 bits per heavy atom. The van der Waals surface area contributed by atoms with Gasteiger partial charge in [0.1, 0.15) is 0 Å². The lowest BCUT2D eigenvalue weighted by molar-refractivity contribution is -0.131. The van der Waals surface area contributed by atoms with E-state index < -0.39 is 0 Å². The van der Waals surface area contributed by atoms with Crippen molar-refractivity contribution in [3.8, 4) is 0 Å². The van der Waals surface area contributed by atoms with Crippen LogP contribution in [0.2, 0.25) is 5.02 Å². The van der Waals surface area contributed by atoms with Crippen LogP contribution in [-0.2, 0) is 15.1 Å². The number of amides is 1. The summed E-state index contributed by atoms with van der Waals surface area (Å²) in [7, 11) is 0. The van der Waals surface area contributed by atoms with Gasteiger partial charge < -0.3 is 10.1 Å². The van der Waals surface area contributed by atoms with Crippen LogP contribution in [-0.4, -0.2) is 19.1 Å². The maximum absolute atomic E-state index is 12.6. The highest BCUT2D eigenvalue weighted by atomic mass is 35.5. The van der Waals surface area contributed by atoms with Gasteiger partial charge in [-0.05, 0) is 43.4 Å². The summed E-state index contributed by atoms with van der Waals surface area (Å²) in [5, 5.41) is 3.99. The first-order chi connectivity index (χ1) is 10.1. The van der Waals surface area contributed by atoms with Crippen LogP contribution in [0.25, 0.3) is 0 Å². The van der Waals surface area contributed by atoms with Gasteiger partial charge in [-0.2, -0.15) is 0 Å². The lowest BCUT2D eigenvalue weighted by atomic mass is 9.84. The lowest BCUT2D eigenvalue weighted by Gasteiger charge is -2.35. The number of hydrogen-bond donors (Lipinski definition) is 1. The average Bonchev–Trinajstić information content (AvgIpc) is 2.54. The van der Waals surface area contributed by atoms with Crippen molar-refractivity contribution in [2.45, 2.75) is 45.1 Å². The third-order valence-corrected chi connectivity index (χ3v) is 4.75. The van der Waals surface area contributed by atoms with Crippen molar-refractivity contribution in [3.63, 3.8) is 0 Å². The summed E-state index contributed by atoms with van der Waals surface area (Å²) in [6.07, 6.45) is 3.58. The van der Waals surface area contributed by atoms with E-state index in [9.17, 15) is 4.79 Å². The standard InChI is InChI=1S/C17H24ClNO2/c1-3-17(4-2,14-7-9-15(18)10-8-14)19-16(20)13-6-5-11-21-12-13/h7-10,13H,3-6,11-12H2,1-2H3,(H,19,20)/t13-/m1/s1. The Balaban J connectivity index is 2.17. The Hall–Kier alpha value is -1.06. The van der Waals surface area contributed by atoms with E-state index in [0.717, 1.165) is 37.9 Å². The number of hydrogen-bond acceptors (Lipinski definition) is 2. The van der Waals surface area contributed by atoms with Crippen molar-refractivity contribution in [2.75, 3.05) is 13.2 Å². The fraction of sp³-hybridized carbons (Fsp3) is 0.588. The van der Waals surface area contributed by atoms with E-state index in [4.69, 9.17) is 16.3 Å². The molecule has 0 saturated carbocycles. The quantitative estimate of drug-likeness (QED) is 0.896. The molecule has 0 bridgehead atoms. The van der Waals surface area contributed by atoms with Gasteiger partial charge in [0.05, 0.1) is 18.1 Å². The molecule has 1 aromatic carbocycles. The van der Waals surface area contributed by atoms with Crippen LogP contribution in [0, 0.1) is 5.92 Å². The van der Waals surface area contributed by atoms with Gasteiger partial charge in [-0.3, -0.25) is 4.79 Å². The minimum atomic E-state index is -0.320. The van der Waals surface area contributed by atoms with Crippen LogP contribution in [0.5, 0.6) is 0 Å². The first-order valence-corrected chi connectivity index (χ1v) is 8.15. The number of carbonyl (C=O) groups excluding carboxylic acids is 1. The van der Waals surface area contributed by atoms with Crippen molar-refractivity contribution < 1.29 is 9.53 Å². The topological polar surface area (TPSA) is 38.3 Å². The number of benzene rings is 1. The van der Waals surface area contributed by atoms with Crippen molar-refractivity contribution >= 4 is 17.5 Å². The Bertz CT molecular complexity index is 462. The molecule has 0 radical (unpaired) electrons. The van der Waals surface area contributed by atoms with Gasteiger partial charge in [-0.15, -0.1) is 0 Å². The highest BCUT2D eigenvalue weighted by molar-refractivity contribution is 6.30. The van der Waals surface area contributed by atoms with Gasteiger partial charge in [-0.25, -0.2) is 0 Å². The third-order valence-electron chi connectivity index (χ3n) is 4.50. The molecule has 1 saturated heterocycles. The monoisotopic (exact) mass is 309 g/mol. The van der Waals surface area contributed by atoms with Gasteiger partial charge in [0.15, 0.2) is 0 Å². The molecule has 3 nitrogen and oxygen atoms in total. The molecule has 1 aliphatic heterocycles. The largest absolute Gasteiger partial charge is 0.381 e. The summed E-state index contributed by atoms with van der Waals surface area (Å²) in [5.41, 5.74) is 0.793. The summed E-state index contributed by atoms with van der Waals surface area (Å²) >= 11 is 5.97. The predicted octanol–water partition coefficient (Wildman–Crippen LogP) is 3.90. The van der Waals surface area contributed by atoms with Crippen LogP contribution >= 0.6 is 11.6 Å². The molecule has 0 unspecified atom stereocenters. The Morgan fingerprint density at radius 2 is 2.00 bits per heavy atom. The summed E-state index contributed by atoms with van der Waals surface area (Å²) < 4.78 is 5.43. The second-order valence-corrected chi connectivity index (χ2v) is 6.14. The SMILES string of the molecule is CCC(CC)(NC(=O)[C@@H]1CCCOC1)c1ccc(Cl)cc1. The molecule has 0 spiro atoms. The molecule has 1 aromatic rings. The van der Waals surface area contributed by atoms with E-state index in [1.54, 1.807) is 0 Å². The highest BCUT2D eigenvalue weighted by Gasteiger charge is 2.33. The third kappa shape index (κ3) is 3.78. The van der Waals surface area contributed by atoms with Gasteiger partial charge in [0.25, 0.3) is 0 Å². The van der Waals surface area contributed by atoms with Crippen LogP contribution in [0.4, 0.5) is 0 Å². The minimum Gasteiger partial charge on any atom is -0.381 e. The molecular weight excluding hydrogens is 286 g/mol. The molecular formula is C17H24ClNO2. The molecule has 1 fully saturated rings. The molecule has 1 aliphatic rings. The number of rotatable bonds is 5. The van der Waals surface area contributed by atoms with Crippen LogP contribution in [0.1, 0.15) is 45.1 Å². The maximum atomic E-state index is 12.6. The smallest absolute Gasteiger partial charge is 0.226 e. The number of halogens is 1. The predicted molar refractivity (Wildman–Crippen MR) is 85.4 cm³/mol. The second kappa shape index (κ2) is 7.28. The molecule has 116 valence electrons. The zero-order valence-electron chi connectivity index (χ0n) is 12.8. The maximum Gasteiger partial charge on any atom is 0.226 e. The van der Waals surface area contributed by atoms with Gasteiger partial charge in [0, 0.05) is 11.6 Å². The molecule has 1 N–H and O–H groups in total. The van der Waals surface area contributed by atoms with Crippen LogP contribution < -0.4 is 5.32 Å². The van der Waals surface area contributed by atoms with E-state index in [1.807, 2.05) is 24.3 Å². The van der Waals surface area contributed by atoms with E-state index in [-0.39, 0.29) is 17.4 Å². The number of carbonyl (C=O) groups is 1. The summed E-state index contributed by atoms with van der Waals surface area (Å²) in [6, 6.07) is 7.78. The van der Waals surface area contributed by atoms with E-state index in [2.05, 4.69) is 19.2 Å². The van der Waals surface area contributed by atoms with E-state index in [1.165, 1.54) is 0 Å². The van der Waals surface area contributed by atoms with E-state index >= 15 is 0 Å². The lowest BCUT2D eigenvalue weighted by Crippen LogP contribution is -2.48. The summed E-state index contributed by atoms with van der Waals surface area (Å²) in [6.45, 7) is 5.52. The minimum absolute atomic E-state index is 0.0245. The summed E-state index contributed by atoms with van der Waals surface area (Å²) in [4.78, 5) is 12.6. The van der Waals surface area contributed by atoms with E-state index in [0.29, 0.717) is 11.6 Å². The molecule has 21 heavy (non-hydrogen) atoms. The van der Waals surface area contributed by atoms with Gasteiger partial charge in [-0.1, -0.05) is 37.6 Å². The molecule has 0 aliphatic carbocycles. The molecule has 1 heterocycles.